The van der Waals surface area contributed by atoms with Crippen molar-refractivity contribution in [3.8, 4) is 0 Å². The molecular weight excluding hydrogens is 314 g/mol. The molecule has 2 rings (SSSR count). The second-order valence-corrected chi connectivity index (χ2v) is 6.00. The van der Waals surface area contributed by atoms with Crippen LogP contribution in [0.15, 0.2) is 41.3 Å². The van der Waals surface area contributed by atoms with Gasteiger partial charge in [-0.2, -0.15) is 0 Å². The molecule has 0 spiro atoms. The molecule has 0 bridgehead atoms. The number of halogens is 3. The molecule has 8 heteroatoms. The first kappa shape index (κ1) is 14.0. The Morgan fingerprint density at radius 3 is 2.53 bits per heavy atom. The van der Waals surface area contributed by atoms with Crippen LogP contribution in [0, 0.1) is 5.82 Å². The Balaban J connectivity index is 2.38. The van der Waals surface area contributed by atoms with Gasteiger partial charge in [-0.25, -0.2) is 17.8 Å². The van der Waals surface area contributed by atoms with Crippen LogP contribution in [0.4, 0.5) is 10.2 Å². The molecule has 1 heterocycles. The van der Waals surface area contributed by atoms with Gasteiger partial charge >= 0.3 is 0 Å². The lowest BCUT2D eigenvalue weighted by atomic mass is 10.3. The summed E-state index contributed by atoms with van der Waals surface area (Å²) in [6.07, 6.45) is 0. The molecule has 0 saturated heterocycles. The van der Waals surface area contributed by atoms with E-state index in [1.54, 1.807) is 0 Å². The van der Waals surface area contributed by atoms with Crippen molar-refractivity contribution in [2.75, 3.05) is 4.72 Å². The lowest BCUT2D eigenvalue weighted by molar-refractivity contribution is 0.570. The molecule has 1 aromatic heterocycles. The summed E-state index contributed by atoms with van der Waals surface area (Å²) in [6.45, 7) is 0. The van der Waals surface area contributed by atoms with Gasteiger partial charge in [0.2, 0.25) is 0 Å². The maximum Gasteiger partial charge on any atom is 0.265 e. The zero-order valence-electron chi connectivity index (χ0n) is 9.27. The summed E-state index contributed by atoms with van der Waals surface area (Å²) in [5.74, 6) is -0.941. The van der Waals surface area contributed by atoms with Gasteiger partial charge in [0.25, 0.3) is 10.0 Å². The number of hydrogen-bond acceptors (Lipinski definition) is 3. The van der Waals surface area contributed by atoms with Gasteiger partial charge in [0.05, 0.1) is 0 Å². The van der Waals surface area contributed by atoms with Gasteiger partial charge in [0, 0.05) is 5.02 Å². The van der Waals surface area contributed by atoms with Crippen molar-refractivity contribution in [3.63, 3.8) is 0 Å². The number of rotatable bonds is 3. The minimum absolute atomic E-state index is 0.00171. The van der Waals surface area contributed by atoms with E-state index in [4.69, 9.17) is 23.2 Å². The third kappa shape index (κ3) is 3.34. The fourth-order valence-electron chi connectivity index (χ4n) is 1.35. The highest BCUT2D eigenvalue weighted by molar-refractivity contribution is 7.92. The van der Waals surface area contributed by atoms with Crippen LogP contribution in [0.5, 0.6) is 0 Å². The number of anilines is 1. The Morgan fingerprint density at radius 2 is 1.89 bits per heavy atom. The SMILES string of the molecule is O=S(=O)(Nc1cccc(Cl)n1)c1ccc(Cl)cc1F. The number of pyridine rings is 1. The van der Waals surface area contributed by atoms with Gasteiger partial charge in [-0.05, 0) is 30.3 Å². The van der Waals surface area contributed by atoms with Crippen molar-refractivity contribution in [2.24, 2.45) is 0 Å². The highest BCUT2D eigenvalue weighted by Gasteiger charge is 2.19. The van der Waals surface area contributed by atoms with Crippen LogP contribution in [0.2, 0.25) is 10.2 Å². The second kappa shape index (κ2) is 5.32. The standard InChI is InChI=1S/C11H7Cl2FN2O2S/c12-7-4-5-9(8(14)6-7)19(17,18)16-11-3-1-2-10(13)15-11/h1-6H,(H,15,16). The molecule has 1 N–H and O–H groups in total. The third-order valence-corrected chi connectivity index (χ3v) is 3.97. The van der Waals surface area contributed by atoms with E-state index >= 15 is 0 Å². The fraction of sp³-hybridized carbons (Fsp3) is 0. The summed E-state index contributed by atoms with van der Waals surface area (Å²) in [5.41, 5.74) is 0. The van der Waals surface area contributed by atoms with Gasteiger partial charge in [-0.1, -0.05) is 29.3 Å². The van der Waals surface area contributed by atoms with E-state index in [-0.39, 0.29) is 16.0 Å². The van der Waals surface area contributed by atoms with Gasteiger partial charge in [0.1, 0.15) is 21.7 Å². The van der Waals surface area contributed by atoms with Crippen LogP contribution in [-0.2, 0) is 10.0 Å². The summed E-state index contributed by atoms with van der Waals surface area (Å²) in [4.78, 5) is 3.24. The first-order valence-electron chi connectivity index (χ1n) is 4.99. The average molecular weight is 321 g/mol. The predicted molar refractivity (Wildman–Crippen MR) is 71.5 cm³/mol. The van der Waals surface area contributed by atoms with Gasteiger partial charge < -0.3 is 0 Å². The lowest BCUT2D eigenvalue weighted by Crippen LogP contribution is -2.15. The summed E-state index contributed by atoms with van der Waals surface area (Å²) < 4.78 is 39.6. The topological polar surface area (TPSA) is 59.1 Å². The molecule has 0 aliphatic rings. The third-order valence-electron chi connectivity index (χ3n) is 2.14. The second-order valence-electron chi connectivity index (χ2n) is 3.53. The number of nitrogens with zero attached hydrogens (tertiary/aromatic N) is 1. The summed E-state index contributed by atoms with van der Waals surface area (Å²) in [7, 11) is -4.08. The van der Waals surface area contributed by atoms with Crippen molar-refractivity contribution in [1.29, 1.82) is 0 Å². The molecule has 4 nitrogen and oxygen atoms in total. The maximum absolute atomic E-state index is 13.6. The highest BCUT2D eigenvalue weighted by Crippen LogP contribution is 2.21. The number of hydrogen-bond donors (Lipinski definition) is 1. The number of benzene rings is 1. The van der Waals surface area contributed by atoms with Gasteiger partial charge in [0.15, 0.2) is 0 Å². The Bertz CT molecular complexity index is 722. The largest absolute Gasteiger partial charge is 0.265 e. The van der Waals surface area contributed by atoms with E-state index in [9.17, 15) is 12.8 Å². The first-order valence-corrected chi connectivity index (χ1v) is 7.23. The zero-order valence-corrected chi connectivity index (χ0v) is 11.6. The quantitative estimate of drug-likeness (QED) is 0.882. The smallest absolute Gasteiger partial charge is 0.263 e. The van der Waals surface area contributed by atoms with E-state index in [2.05, 4.69) is 9.71 Å². The van der Waals surface area contributed by atoms with Crippen LogP contribution >= 0.6 is 23.2 Å². The molecular formula is C11H7Cl2FN2O2S. The van der Waals surface area contributed by atoms with E-state index in [1.807, 2.05) is 0 Å². The van der Waals surface area contributed by atoms with Crippen molar-refractivity contribution < 1.29 is 12.8 Å². The molecule has 0 aliphatic heterocycles. The minimum atomic E-state index is -4.08. The fourth-order valence-corrected chi connectivity index (χ4v) is 2.74. The van der Waals surface area contributed by atoms with Crippen LogP contribution < -0.4 is 4.72 Å². The molecule has 0 aliphatic carbocycles. The molecule has 0 radical (unpaired) electrons. The van der Waals surface area contributed by atoms with Crippen LogP contribution in [0.3, 0.4) is 0 Å². The molecule has 0 unspecified atom stereocenters. The molecule has 2 aromatic rings. The maximum atomic E-state index is 13.6. The van der Waals surface area contributed by atoms with Gasteiger partial charge in [-0.3, -0.25) is 4.72 Å². The molecule has 0 atom stereocenters. The summed E-state index contributed by atoms with van der Waals surface area (Å²) >= 11 is 11.2. The molecule has 100 valence electrons. The Labute approximate surface area is 119 Å². The van der Waals surface area contributed by atoms with Crippen molar-refractivity contribution in [3.05, 3.63) is 52.4 Å². The van der Waals surface area contributed by atoms with Crippen molar-refractivity contribution in [2.45, 2.75) is 4.90 Å². The van der Waals surface area contributed by atoms with Crippen LogP contribution in [-0.4, -0.2) is 13.4 Å². The predicted octanol–water partition coefficient (Wildman–Crippen LogP) is 3.33. The van der Waals surface area contributed by atoms with Crippen molar-refractivity contribution in [1.82, 2.24) is 4.98 Å². The lowest BCUT2D eigenvalue weighted by Gasteiger charge is -2.08. The number of nitrogens with one attached hydrogen (secondary N) is 1. The monoisotopic (exact) mass is 320 g/mol. The molecule has 1 aromatic carbocycles. The first-order chi connectivity index (χ1) is 8.88. The number of sulfonamides is 1. The zero-order chi connectivity index (χ0) is 14.0. The van der Waals surface area contributed by atoms with Crippen LogP contribution in [0.1, 0.15) is 0 Å². The Hall–Kier alpha value is -1.37. The Morgan fingerprint density at radius 1 is 1.16 bits per heavy atom. The van der Waals surface area contributed by atoms with E-state index in [0.717, 1.165) is 12.1 Å². The molecule has 19 heavy (non-hydrogen) atoms. The van der Waals surface area contributed by atoms with Crippen molar-refractivity contribution >= 4 is 39.0 Å². The summed E-state index contributed by atoms with van der Waals surface area (Å²) in [5, 5.41) is 0.231. The van der Waals surface area contributed by atoms with Crippen LogP contribution in [0.25, 0.3) is 0 Å². The van der Waals surface area contributed by atoms with Gasteiger partial charge in [-0.15, -0.1) is 0 Å². The highest BCUT2D eigenvalue weighted by atomic mass is 35.5. The minimum Gasteiger partial charge on any atom is -0.263 e. The van der Waals surface area contributed by atoms with E-state index in [0.29, 0.717) is 0 Å². The normalized spacial score (nSPS) is 11.3. The summed E-state index contributed by atoms with van der Waals surface area (Å²) in [6, 6.07) is 7.68. The van der Waals surface area contributed by atoms with E-state index in [1.165, 1.54) is 24.3 Å². The average Bonchev–Trinajstić information content (AvgIpc) is 2.27. The van der Waals surface area contributed by atoms with E-state index < -0.39 is 20.7 Å². The molecule has 0 fully saturated rings. The number of aromatic nitrogens is 1. The molecule has 0 amide bonds. The Kier molecular flexibility index (Phi) is 3.93. The molecule has 0 saturated carbocycles.